The summed E-state index contributed by atoms with van der Waals surface area (Å²) in [5.41, 5.74) is 3.39. The van der Waals surface area contributed by atoms with Gasteiger partial charge in [-0.1, -0.05) is 10.5 Å². The van der Waals surface area contributed by atoms with Crippen LogP contribution in [0, 0.1) is 24.1 Å². The predicted octanol–water partition coefficient (Wildman–Crippen LogP) is 3.74. The molecule has 1 fully saturated rings. The van der Waals surface area contributed by atoms with Crippen molar-refractivity contribution in [3.05, 3.63) is 52.7 Å². The molecule has 0 aromatic carbocycles. The van der Waals surface area contributed by atoms with Gasteiger partial charge in [0.25, 0.3) is 11.8 Å². The van der Waals surface area contributed by atoms with Gasteiger partial charge in [-0.05, 0) is 51.5 Å². The number of nitrogens with zero attached hydrogens (tertiary/aromatic N) is 4. The second-order valence-electron chi connectivity index (χ2n) is 9.97. The van der Waals surface area contributed by atoms with Gasteiger partial charge in [-0.25, -0.2) is 32.9 Å². The number of nitriles is 1. The van der Waals surface area contributed by atoms with Gasteiger partial charge in [0.1, 0.15) is 39.4 Å². The molecule has 2 aromatic heterocycles. The third-order valence-corrected chi connectivity index (χ3v) is 10.7. The van der Waals surface area contributed by atoms with Gasteiger partial charge < -0.3 is 20.3 Å². The average Bonchev–Trinajstić information content (AvgIpc) is 2.84. The lowest BCUT2D eigenvalue weighted by Gasteiger charge is -2.61. The largest absolute Gasteiger partial charge is 0.411 e. The van der Waals surface area contributed by atoms with Gasteiger partial charge in [-0.2, -0.15) is 5.26 Å². The van der Waals surface area contributed by atoms with E-state index < -0.39 is 68.4 Å². The van der Waals surface area contributed by atoms with Crippen molar-refractivity contribution in [1.82, 2.24) is 14.7 Å². The van der Waals surface area contributed by atoms with Crippen molar-refractivity contribution in [3.8, 4) is 6.07 Å². The zero-order valence-electron chi connectivity index (χ0n) is 21.4. The number of ether oxygens (including phenoxy) is 1. The molecule has 0 unspecified atom stereocenters. The maximum absolute atomic E-state index is 15.4. The number of aryl methyl sites for hydroxylation is 1. The molecule has 0 radical (unpaired) electrons. The molecule has 5 N–H and O–H groups in total. The Hall–Kier alpha value is -3.74. The van der Waals surface area contributed by atoms with Crippen molar-refractivity contribution in [3.63, 3.8) is 0 Å². The molecule has 2 aliphatic rings. The highest BCUT2D eigenvalue weighted by Crippen LogP contribution is 2.68. The monoisotopic (exact) mass is 565 g/mol. The van der Waals surface area contributed by atoms with Crippen molar-refractivity contribution in [1.29, 1.82) is 5.26 Å². The Balaban J connectivity index is 1.83. The van der Waals surface area contributed by atoms with Crippen LogP contribution in [-0.4, -0.2) is 54.9 Å². The van der Waals surface area contributed by atoms with Crippen LogP contribution in [0.1, 0.15) is 54.5 Å². The number of amides is 2. The quantitative estimate of drug-likeness (QED) is 0.435. The first-order valence-electron chi connectivity index (χ1n) is 11.6. The maximum atomic E-state index is 15.4. The van der Waals surface area contributed by atoms with Crippen molar-refractivity contribution < 1.29 is 32.0 Å². The summed E-state index contributed by atoms with van der Waals surface area (Å²) in [4.78, 5) is 37.1. The molecule has 2 aliphatic heterocycles. The predicted molar refractivity (Wildman–Crippen MR) is 137 cm³/mol. The van der Waals surface area contributed by atoms with E-state index in [0.29, 0.717) is 5.56 Å². The fourth-order valence-electron chi connectivity index (χ4n) is 4.76. The summed E-state index contributed by atoms with van der Waals surface area (Å²) in [6.45, 7) is 4.93. The number of nitrogens with two attached hydrogens (primary N) is 1. The van der Waals surface area contributed by atoms with Gasteiger partial charge in [-0.3, -0.25) is 9.52 Å². The molecule has 0 saturated carbocycles. The van der Waals surface area contributed by atoms with Crippen LogP contribution in [0.4, 0.5) is 23.8 Å². The molecular weight excluding hydrogens is 539 g/mol. The number of rotatable bonds is 3. The molecule has 11 nitrogen and oxygen atoms in total. The van der Waals surface area contributed by atoms with Gasteiger partial charge in [0.15, 0.2) is 0 Å². The second kappa shape index (κ2) is 9.47. The first kappa shape index (κ1) is 28.3. The number of carbonyl (C=O) groups is 2. The van der Waals surface area contributed by atoms with Crippen LogP contribution >= 0.6 is 10.5 Å². The van der Waals surface area contributed by atoms with E-state index in [2.05, 4.69) is 25.0 Å². The standard InChI is InChI=1S/C24H26F3N7O4S/c1-12-7-13(9-28)10-30-17(12)19(35)33-16-6-5-14(25)18(32-16)23(4)15-8-24(26,27)11-31-39(15,37)22(2,3)20(34-23)38-21(29)36/h5-7,10,15,31,37H,8,11H2,1-4H3,(H2,29,36)(H,32,33,35)/t15-,23+/m1/s1. The van der Waals surface area contributed by atoms with Gasteiger partial charge >= 0.3 is 6.09 Å². The Morgan fingerprint density at radius 3 is 2.64 bits per heavy atom. The van der Waals surface area contributed by atoms with Crippen LogP contribution in [0.15, 0.2) is 29.4 Å². The Morgan fingerprint density at radius 1 is 1.33 bits per heavy atom. The van der Waals surface area contributed by atoms with Gasteiger partial charge in [0.2, 0.25) is 5.90 Å². The van der Waals surface area contributed by atoms with Crippen molar-refractivity contribution in [2.45, 2.75) is 55.6 Å². The molecule has 1 saturated heterocycles. The number of primary amides is 1. The van der Waals surface area contributed by atoms with Crippen LogP contribution in [0.2, 0.25) is 0 Å². The third-order valence-electron chi connectivity index (χ3n) is 6.89. The Bertz CT molecular complexity index is 1450. The third kappa shape index (κ3) is 4.79. The van der Waals surface area contributed by atoms with E-state index in [-0.39, 0.29) is 23.0 Å². The number of aliphatic imine (C=N–C) groups is 1. The smallest absolute Gasteiger partial charge is 0.394 e. The molecule has 4 heterocycles. The van der Waals surface area contributed by atoms with E-state index in [0.717, 1.165) is 12.1 Å². The summed E-state index contributed by atoms with van der Waals surface area (Å²) < 4.78 is 62.7. The van der Waals surface area contributed by atoms with Crippen LogP contribution in [0.25, 0.3) is 0 Å². The maximum Gasteiger partial charge on any atom is 0.411 e. The average molecular weight is 566 g/mol. The zero-order valence-corrected chi connectivity index (χ0v) is 22.2. The molecule has 2 amide bonds. The minimum Gasteiger partial charge on any atom is -0.394 e. The van der Waals surface area contributed by atoms with Crippen molar-refractivity contribution in [2.24, 2.45) is 10.7 Å². The molecule has 3 atom stereocenters. The van der Waals surface area contributed by atoms with E-state index in [9.17, 15) is 22.9 Å². The topological polar surface area (TPSA) is 176 Å². The molecule has 2 aromatic rings. The Morgan fingerprint density at radius 2 is 2.03 bits per heavy atom. The summed E-state index contributed by atoms with van der Waals surface area (Å²) in [5.74, 6) is -5.49. The highest BCUT2D eigenvalue weighted by molar-refractivity contribution is 8.29. The number of hydrogen-bond donors (Lipinski definition) is 4. The van der Waals surface area contributed by atoms with Crippen LogP contribution in [0.5, 0.6) is 0 Å². The number of carbonyl (C=O) groups excluding carboxylic acids is 2. The molecular formula is C24H26F3N7O4S. The minimum absolute atomic E-state index is 0.0163. The van der Waals surface area contributed by atoms with Crippen molar-refractivity contribution in [2.75, 3.05) is 11.9 Å². The first-order valence-corrected chi connectivity index (χ1v) is 13.3. The van der Waals surface area contributed by atoms with Crippen LogP contribution in [0.3, 0.4) is 0 Å². The highest BCUT2D eigenvalue weighted by atomic mass is 32.3. The second-order valence-corrected chi connectivity index (χ2v) is 13.1. The van der Waals surface area contributed by atoms with E-state index >= 15 is 4.39 Å². The molecule has 4 rings (SSSR count). The SMILES string of the molecule is Cc1cc(C#N)cnc1C(=O)Nc1ccc(F)c([C@@]2(C)N=C(OC(N)=O)C(C)(C)[S@@]3(O)NCC(F)(F)C[C@H]23)n1. The number of hydrogen-bond acceptors (Lipinski definition) is 9. The summed E-state index contributed by atoms with van der Waals surface area (Å²) in [6.07, 6.45) is -0.914. The van der Waals surface area contributed by atoms with Crippen molar-refractivity contribution >= 4 is 34.2 Å². The summed E-state index contributed by atoms with van der Waals surface area (Å²) in [5, 5.41) is 10.1. The van der Waals surface area contributed by atoms with Gasteiger partial charge in [-0.15, -0.1) is 0 Å². The summed E-state index contributed by atoms with van der Waals surface area (Å²) in [6, 6.07) is 5.50. The zero-order chi connectivity index (χ0) is 29.0. The molecule has 0 aliphatic carbocycles. The van der Waals surface area contributed by atoms with E-state index in [4.69, 9.17) is 15.7 Å². The minimum atomic E-state index is -3.31. The summed E-state index contributed by atoms with van der Waals surface area (Å²) >= 11 is 0. The fraction of sp³-hybridized carbons (Fsp3) is 0.417. The number of pyridine rings is 2. The van der Waals surface area contributed by atoms with Gasteiger partial charge in [0, 0.05) is 12.6 Å². The van der Waals surface area contributed by atoms with Gasteiger partial charge in [0.05, 0.1) is 17.4 Å². The molecule has 39 heavy (non-hydrogen) atoms. The normalized spacial score (nSPS) is 26.9. The van der Waals surface area contributed by atoms with E-state index in [1.54, 1.807) is 6.92 Å². The number of fused-ring (bicyclic) bond motifs is 1. The molecule has 208 valence electrons. The number of alkyl halides is 2. The van der Waals surface area contributed by atoms with E-state index in [1.165, 1.54) is 33.0 Å². The summed E-state index contributed by atoms with van der Waals surface area (Å²) in [7, 11) is -3.31. The molecule has 0 bridgehead atoms. The van der Waals surface area contributed by atoms with Crippen LogP contribution < -0.4 is 15.8 Å². The molecule has 15 heteroatoms. The number of aromatic nitrogens is 2. The number of halogens is 3. The Kier molecular flexibility index (Phi) is 6.87. The number of nitrogens with one attached hydrogen (secondary N) is 2. The lowest BCUT2D eigenvalue weighted by molar-refractivity contribution is -0.0150. The fourth-order valence-corrected chi connectivity index (χ4v) is 8.13. The Labute approximate surface area is 223 Å². The highest BCUT2D eigenvalue weighted by Gasteiger charge is 2.65. The number of anilines is 1. The lowest BCUT2D eigenvalue weighted by Crippen LogP contribution is -2.64. The lowest BCUT2D eigenvalue weighted by atomic mass is 9.88. The van der Waals surface area contributed by atoms with E-state index in [1.807, 2.05) is 6.07 Å². The first-order chi connectivity index (χ1) is 18.0. The van der Waals surface area contributed by atoms with Crippen LogP contribution in [-0.2, 0) is 10.3 Å². The molecule has 0 spiro atoms.